The van der Waals surface area contributed by atoms with Crippen LogP contribution in [0.5, 0.6) is 0 Å². The third-order valence-electron chi connectivity index (χ3n) is 3.92. The lowest BCUT2D eigenvalue weighted by Gasteiger charge is -2.19. The number of hydrogen-bond acceptors (Lipinski definition) is 1. The first kappa shape index (κ1) is 14.2. The predicted octanol–water partition coefficient (Wildman–Crippen LogP) is 4.53. The van der Waals surface area contributed by atoms with Crippen molar-refractivity contribution in [2.75, 3.05) is 0 Å². The first-order valence-corrected chi connectivity index (χ1v) is 7.64. The van der Waals surface area contributed by atoms with E-state index in [9.17, 15) is 4.79 Å². The van der Waals surface area contributed by atoms with Crippen LogP contribution in [0.2, 0.25) is 5.02 Å². The smallest absolute Gasteiger partial charge is 0.251 e. The molecule has 3 rings (SSSR count). The topological polar surface area (TPSA) is 29.1 Å². The fourth-order valence-electron chi connectivity index (χ4n) is 2.50. The van der Waals surface area contributed by atoms with Crippen LogP contribution in [0.15, 0.2) is 48.5 Å². The van der Waals surface area contributed by atoms with Crippen molar-refractivity contribution in [1.29, 1.82) is 0 Å². The van der Waals surface area contributed by atoms with Crippen LogP contribution in [0.1, 0.15) is 40.4 Å². The summed E-state index contributed by atoms with van der Waals surface area (Å²) in [5.74, 6) is 0.530. The van der Waals surface area contributed by atoms with Crippen LogP contribution in [-0.4, -0.2) is 5.91 Å². The van der Waals surface area contributed by atoms with Gasteiger partial charge in [-0.1, -0.05) is 41.4 Å². The van der Waals surface area contributed by atoms with Crippen molar-refractivity contribution in [1.82, 2.24) is 5.32 Å². The predicted molar refractivity (Wildman–Crippen MR) is 85.6 cm³/mol. The highest BCUT2D eigenvalue weighted by atomic mass is 35.5. The van der Waals surface area contributed by atoms with Crippen LogP contribution in [-0.2, 0) is 0 Å². The number of carbonyl (C=O) groups is 1. The van der Waals surface area contributed by atoms with Gasteiger partial charge in [-0.2, -0.15) is 0 Å². The van der Waals surface area contributed by atoms with Crippen molar-refractivity contribution in [2.24, 2.45) is 5.92 Å². The molecule has 2 aromatic rings. The van der Waals surface area contributed by atoms with Crippen LogP contribution in [0.25, 0.3) is 0 Å². The highest BCUT2D eigenvalue weighted by molar-refractivity contribution is 6.30. The van der Waals surface area contributed by atoms with E-state index in [0.29, 0.717) is 11.5 Å². The Labute approximate surface area is 130 Å². The third-order valence-corrected chi connectivity index (χ3v) is 4.17. The van der Waals surface area contributed by atoms with Crippen molar-refractivity contribution >= 4 is 17.5 Å². The fourth-order valence-corrected chi connectivity index (χ4v) is 2.63. The van der Waals surface area contributed by atoms with Gasteiger partial charge in [0.05, 0.1) is 6.04 Å². The van der Waals surface area contributed by atoms with E-state index in [4.69, 9.17) is 11.6 Å². The molecule has 1 saturated carbocycles. The standard InChI is InChI=1S/C18H18ClNO/c1-12-2-4-15(5-3-12)18(21)20-17(13-6-7-13)14-8-10-16(19)11-9-14/h2-5,8-11,13,17H,6-7H2,1H3,(H,20,21)/t17-/m0/s1. The molecule has 1 N–H and O–H groups in total. The molecule has 0 aliphatic heterocycles. The van der Waals surface area contributed by atoms with E-state index >= 15 is 0 Å². The van der Waals surface area contributed by atoms with E-state index in [-0.39, 0.29) is 11.9 Å². The number of benzene rings is 2. The highest BCUT2D eigenvalue weighted by Crippen LogP contribution is 2.41. The van der Waals surface area contributed by atoms with Crippen molar-refractivity contribution in [3.63, 3.8) is 0 Å². The second-order valence-electron chi connectivity index (χ2n) is 5.71. The number of aryl methyl sites for hydroxylation is 1. The Bertz CT molecular complexity index is 629. The number of nitrogens with one attached hydrogen (secondary N) is 1. The number of rotatable bonds is 4. The summed E-state index contributed by atoms with van der Waals surface area (Å²) in [5, 5.41) is 3.89. The summed E-state index contributed by atoms with van der Waals surface area (Å²) < 4.78 is 0. The Morgan fingerprint density at radius 3 is 2.29 bits per heavy atom. The molecule has 21 heavy (non-hydrogen) atoms. The molecular formula is C18H18ClNO. The molecule has 0 radical (unpaired) electrons. The molecule has 0 spiro atoms. The molecular weight excluding hydrogens is 282 g/mol. The second-order valence-corrected chi connectivity index (χ2v) is 6.14. The average molecular weight is 300 g/mol. The Hall–Kier alpha value is -1.80. The Morgan fingerprint density at radius 2 is 1.71 bits per heavy atom. The minimum atomic E-state index is -0.0122. The van der Waals surface area contributed by atoms with Crippen molar-refractivity contribution in [3.05, 3.63) is 70.2 Å². The number of amides is 1. The SMILES string of the molecule is Cc1ccc(C(=O)N[C@H](c2ccc(Cl)cc2)C2CC2)cc1. The molecule has 0 aromatic heterocycles. The average Bonchev–Trinajstić information content (AvgIpc) is 3.31. The largest absolute Gasteiger partial charge is 0.345 e. The van der Waals surface area contributed by atoms with Gasteiger partial charge in [-0.15, -0.1) is 0 Å². The second kappa shape index (κ2) is 5.90. The zero-order chi connectivity index (χ0) is 14.8. The number of carbonyl (C=O) groups excluding carboxylic acids is 1. The summed E-state index contributed by atoms with van der Waals surface area (Å²) in [6, 6.07) is 15.5. The van der Waals surface area contributed by atoms with E-state index < -0.39 is 0 Å². The van der Waals surface area contributed by atoms with Gasteiger partial charge in [0.2, 0.25) is 0 Å². The van der Waals surface area contributed by atoms with Crippen molar-refractivity contribution in [2.45, 2.75) is 25.8 Å². The van der Waals surface area contributed by atoms with Gasteiger partial charge in [-0.25, -0.2) is 0 Å². The van der Waals surface area contributed by atoms with Gasteiger partial charge >= 0.3 is 0 Å². The molecule has 0 unspecified atom stereocenters. The maximum atomic E-state index is 12.4. The monoisotopic (exact) mass is 299 g/mol. The molecule has 0 saturated heterocycles. The van der Waals surface area contributed by atoms with Crippen molar-refractivity contribution < 1.29 is 4.79 Å². The molecule has 1 amide bonds. The molecule has 0 heterocycles. The molecule has 108 valence electrons. The molecule has 1 aliphatic carbocycles. The number of halogens is 1. The number of hydrogen-bond donors (Lipinski definition) is 1. The van der Waals surface area contributed by atoms with Crippen LogP contribution < -0.4 is 5.32 Å². The molecule has 1 fully saturated rings. The summed E-state index contributed by atoms with van der Waals surface area (Å²) in [7, 11) is 0. The van der Waals surface area contributed by atoms with Gasteiger partial charge in [0, 0.05) is 10.6 Å². The minimum Gasteiger partial charge on any atom is -0.345 e. The van der Waals surface area contributed by atoms with Crippen molar-refractivity contribution in [3.8, 4) is 0 Å². The normalized spacial score (nSPS) is 15.5. The van der Waals surface area contributed by atoms with Crippen LogP contribution in [0.3, 0.4) is 0 Å². The zero-order valence-corrected chi connectivity index (χ0v) is 12.7. The third kappa shape index (κ3) is 3.45. The minimum absolute atomic E-state index is 0.0122. The lowest BCUT2D eigenvalue weighted by molar-refractivity contribution is 0.0931. The Kier molecular flexibility index (Phi) is 3.98. The summed E-state index contributed by atoms with van der Waals surface area (Å²) in [6.07, 6.45) is 2.34. The Balaban J connectivity index is 1.77. The summed E-state index contributed by atoms with van der Waals surface area (Å²) in [4.78, 5) is 12.4. The summed E-state index contributed by atoms with van der Waals surface area (Å²) in [6.45, 7) is 2.02. The Morgan fingerprint density at radius 1 is 1.10 bits per heavy atom. The zero-order valence-electron chi connectivity index (χ0n) is 12.0. The van der Waals surface area contributed by atoms with E-state index in [2.05, 4.69) is 5.32 Å². The lowest BCUT2D eigenvalue weighted by atomic mass is 10.0. The maximum Gasteiger partial charge on any atom is 0.251 e. The lowest BCUT2D eigenvalue weighted by Crippen LogP contribution is -2.29. The van der Waals surface area contributed by atoms with E-state index in [1.165, 1.54) is 12.8 Å². The van der Waals surface area contributed by atoms with Gasteiger partial charge in [0.25, 0.3) is 5.91 Å². The highest BCUT2D eigenvalue weighted by Gasteiger charge is 2.33. The molecule has 1 atom stereocenters. The fraction of sp³-hybridized carbons (Fsp3) is 0.278. The first-order chi connectivity index (χ1) is 10.1. The molecule has 2 nitrogen and oxygen atoms in total. The van der Waals surface area contributed by atoms with Crippen LogP contribution in [0, 0.1) is 12.8 Å². The summed E-state index contributed by atoms with van der Waals surface area (Å²) in [5.41, 5.74) is 2.99. The molecule has 2 aromatic carbocycles. The summed E-state index contributed by atoms with van der Waals surface area (Å²) >= 11 is 5.94. The van der Waals surface area contributed by atoms with E-state index in [1.54, 1.807) is 0 Å². The van der Waals surface area contributed by atoms with E-state index in [1.807, 2.05) is 55.5 Å². The van der Waals surface area contributed by atoms with Gasteiger partial charge in [-0.3, -0.25) is 4.79 Å². The van der Waals surface area contributed by atoms with Gasteiger partial charge in [0.1, 0.15) is 0 Å². The quantitative estimate of drug-likeness (QED) is 0.883. The van der Waals surface area contributed by atoms with Gasteiger partial charge < -0.3 is 5.32 Å². The molecule has 0 bridgehead atoms. The van der Waals surface area contributed by atoms with Gasteiger partial charge in [0.15, 0.2) is 0 Å². The maximum absolute atomic E-state index is 12.4. The molecule has 3 heteroatoms. The van der Waals surface area contributed by atoms with Crippen LogP contribution in [0.4, 0.5) is 0 Å². The van der Waals surface area contributed by atoms with Crippen LogP contribution >= 0.6 is 11.6 Å². The molecule has 1 aliphatic rings. The first-order valence-electron chi connectivity index (χ1n) is 7.26. The van der Waals surface area contributed by atoms with Gasteiger partial charge in [-0.05, 0) is 55.5 Å². The van der Waals surface area contributed by atoms with E-state index in [0.717, 1.165) is 16.1 Å².